The molecule has 1 saturated carbocycles. The lowest BCUT2D eigenvalue weighted by Crippen LogP contribution is -2.06. The summed E-state index contributed by atoms with van der Waals surface area (Å²) >= 11 is 0. The maximum atomic E-state index is 8.44. The predicted octanol–water partition coefficient (Wildman–Crippen LogP) is 3.04. The predicted molar refractivity (Wildman–Crippen MR) is 45.9 cm³/mol. The SMILES string of the molecule is CC(=CC#N)C1CCCCC1. The fourth-order valence-corrected chi connectivity index (χ4v) is 1.78. The van der Waals surface area contributed by atoms with Gasteiger partial charge in [-0.15, -0.1) is 0 Å². The molecule has 0 amide bonds. The first kappa shape index (κ1) is 8.33. The molecule has 1 fully saturated rings. The Morgan fingerprint density at radius 3 is 2.55 bits per heavy atom. The quantitative estimate of drug-likeness (QED) is 0.526. The van der Waals surface area contributed by atoms with E-state index in [4.69, 9.17) is 5.26 Å². The molecule has 0 heterocycles. The Morgan fingerprint density at radius 2 is 2.00 bits per heavy atom. The van der Waals surface area contributed by atoms with E-state index in [1.54, 1.807) is 6.08 Å². The highest BCUT2D eigenvalue weighted by Crippen LogP contribution is 2.28. The van der Waals surface area contributed by atoms with Gasteiger partial charge >= 0.3 is 0 Å². The van der Waals surface area contributed by atoms with Crippen molar-refractivity contribution in [1.29, 1.82) is 5.26 Å². The van der Waals surface area contributed by atoms with Crippen LogP contribution in [0.2, 0.25) is 0 Å². The molecule has 60 valence electrons. The molecule has 0 aromatic rings. The van der Waals surface area contributed by atoms with Crippen LogP contribution in [0.5, 0.6) is 0 Å². The van der Waals surface area contributed by atoms with Gasteiger partial charge in [0.25, 0.3) is 0 Å². The van der Waals surface area contributed by atoms with E-state index in [1.165, 1.54) is 37.7 Å². The minimum atomic E-state index is 0.711. The van der Waals surface area contributed by atoms with E-state index < -0.39 is 0 Å². The van der Waals surface area contributed by atoms with Gasteiger partial charge in [-0.05, 0) is 25.7 Å². The second-order valence-electron chi connectivity index (χ2n) is 3.35. The van der Waals surface area contributed by atoms with Crippen LogP contribution in [0.25, 0.3) is 0 Å². The maximum Gasteiger partial charge on any atom is 0.0911 e. The highest BCUT2D eigenvalue weighted by molar-refractivity contribution is 5.14. The third-order valence-corrected chi connectivity index (χ3v) is 2.54. The number of hydrogen-bond donors (Lipinski definition) is 0. The lowest BCUT2D eigenvalue weighted by atomic mass is 9.84. The molecule has 0 aliphatic heterocycles. The summed E-state index contributed by atoms with van der Waals surface area (Å²) in [5.74, 6) is 0.711. The lowest BCUT2D eigenvalue weighted by molar-refractivity contribution is 0.403. The van der Waals surface area contributed by atoms with Crippen LogP contribution in [-0.4, -0.2) is 0 Å². The summed E-state index contributed by atoms with van der Waals surface area (Å²) in [4.78, 5) is 0. The van der Waals surface area contributed by atoms with Crippen molar-refractivity contribution in [3.05, 3.63) is 11.6 Å². The Morgan fingerprint density at radius 1 is 1.36 bits per heavy atom. The van der Waals surface area contributed by atoms with Gasteiger partial charge in [0.15, 0.2) is 0 Å². The van der Waals surface area contributed by atoms with Gasteiger partial charge in [0, 0.05) is 6.08 Å². The Bertz CT molecular complexity index is 180. The van der Waals surface area contributed by atoms with E-state index in [0.29, 0.717) is 5.92 Å². The van der Waals surface area contributed by atoms with Crippen LogP contribution in [-0.2, 0) is 0 Å². The minimum Gasteiger partial charge on any atom is -0.193 e. The minimum absolute atomic E-state index is 0.711. The summed E-state index contributed by atoms with van der Waals surface area (Å²) < 4.78 is 0. The molecule has 1 heteroatoms. The van der Waals surface area contributed by atoms with Crippen LogP contribution in [0.15, 0.2) is 11.6 Å². The van der Waals surface area contributed by atoms with Crippen molar-refractivity contribution >= 4 is 0 Å². The van der Waals surface area contributed by atoms with Crippen molar-refractivity contribution < 1.29 is 0 Å². The molecule has 0 radical (unpaired) electrons. The average molecular weight is 149 g/mol. The molecule has 0 unspecified atom stereocenters. The molecule has 0 atom stereocenters. The first-order valence-corrected chi connectivity index (χ1v) is 4.41. The van der Waals surface area contributed by atoms with Crippen LogP contribution in [0.4, 0.5) is 0 Å². The Hall–Kier alpha value is -0.770. The first-order valence-electron chi connectivity index (χ1n) is 4.41. The van der Waals surface area contributed by atoms with E-state index in [-0.39, 0.29) is 0 Å². The van der Waals surface area contributed by atoms with Crippen molar-refractivity contribution in [2.45, 2.75) is 39.0 Å². The normalized spacial score (nSPS) is 21.3. The van der Waals surface area contributed by atoms with Gasteiger partial charge in [-0.1, -0.05) is 24.8 Å². The number of rotatable bonds is 1. The number of nitriles is 1. The van der Waals surface area contributed by atoms with Gasteiger partial charge in [-0.25, -0.2) is 0 Å². The van der Waals surface area contributed by atoms with Gasteiger partial charge in [-0.2, -0.15) is 5.26 Å². The van der Waals surface area contributed by atoms with Crippen molar-refractivity contribution in [1.82, 2.24) is 0 Å². The zero-order chi connectivity index (χ0) is 8.10. The number of nitrogens with zero attached hydrogens (tertiary/aromatic N) is 1. The van der Waals surface area contributed by atoms with Crippen LogP contribution in [0.1, 0.15) is 39.0 Å². The number of hydrogen-bond acceptors (Lipinski definition) is 1. The maximum absolute atomic E-state index is 8.44. The summed E-state index contributed by atoms with van der Waals surface area (Å²) in [7, 11) is 0. The molecule has 0 aromatic carbocycles. The van der Waals surface area contributed by atoms with Crippen molar-refractivity contribution in [2.24, 2.45) is 5.92 Å². The second kappa shape index (κ2) is 4.18. The highest BCUT2D eigenvalue weighted by Gasteiger charge is 2.14. The summed E-state index contributed by atoms with van der Waals surface area (Å²) in [6.45, 7) is 2.08. The molecule has 0 N–H and O–H groups in total. The standard InChI is InChI=1S/C10H15N/c1-9(7-8-11)10-5-3-2-4-6-10/h7,10H,2-6H2,1H3. The van der Waals surface area contributed by atoms with Gasteiger partial charge in [0.05, 0.1) is 6.07 Å². The Labute approximate surface area is 68.7 Å². The van der Waals surface area contributed by atoms with Crippen LogP contribution >= 0.6 is 0 Å². The van der Waals surface area contributed by atoms with E-state index in [1.807, 2.05) is 0 Å². The summed E-state index contributed by atoms with van der Waals surface area (Å²) in [6.07, 6.45) is 8.38. The molecule has 1 rings (SSSR count). The monoisotopic (exact) mass is 149 g/mol. The third-order valence-electron chi connectivity index (χ3n) is 2.54. The van der Waals surface area contributed by atoms with Crippen LogP contribution in [0, 0.1) is 17.2 Å². The van der Waals surface area contributed by atoms with E-state index in [0.717, 1.165) is 0 Å². The molecule has 0 aromatic heterocycles. The van der Waals surface area contributed by atoms with Gasteiger partial charge < -0.3 is 0 Å². The fraction of sp³-hybridized carbons (Fsp3) is 0.700. The highest BCUT2D eigenvalue weighted by atomic mass is 14.2. The van der Waals surface area contributed by atoms with Gasteiger partial charge in [0.1, 0.15) is 0 Å². The topological polar surface area (TPSA) is 23.8 Å². The average Bonchev–Trinajstić information content (AvgIpc) is 2.07. The lowest BCUT2D eigenvalue weighted by Gasteiger charge is -2.21. The van der Waals surface area contributed by atoms with Crippen LogP contribution in [0.3, 0.4) is 0 Å². The molecule has 0 saturated heterocycles. The zero-order valence-corrected chi connectivity index (χ0v) is 7.14. The molecule has 0 spiro atoms. The van der Waals surface area contributed by atoms with Crippen molar-refractivity contribution in [3.8, 4) is 6.07 Å². The van der Waals surface area contributed by atoms with Crippen molar-refractivity contribution in [2.75, 3.05) is 0 Å². The van der Waals surface area contributed by atoms with E-state index >= 15 is 0 Å². The fourth-order valence-electron chi connectivity index (χ4n) is 1.78. The Balaban J connectivity index is 2.46. The smallest absolute Gasteiger partial charge is 0.0911 e. The molecular formula is C10H15N. The molecule has 1 nitrogen and oxygen atoms in total. The largest absolute Gasteiger partial charge is 0.193 e. The first-order chi connectivity index (χ1) is 5.34. The van der Waals surface area contributed by atoms with Gasteiger partial charge in [0.2, 0.25) is 0 Å². The number of allylic oxidation sites excluding steroid dienone is 2. The zero-order valence-electron chi connectivity index (χ0n) is 7.14. The van der Waals surface area contributed by atoms with E-state index in [2.05, 4.69) is 13.0 Å². The summed E-state index contributed by atoms with van der Waals surface area (Å²) in [5, 5.41) is 8.44. The van der Waals surface area contributed by atoms with Gasteiger partial charge in [-0.3, -0.25) is 0 Å². The Kier molecular flexibility index (Phi) is 3.16. The van der Waals surface area contributed by atoms with E-state index in [9.17, 15) is 0 Å². The molecular weight excluding hydrogens is 134 g/mol. The van der Waals surface area contributed by atoms with Crippen LogP contribution < -0.4 is 0 Å². The summed E-state index contributed by atoms with van der Waals surface area (Å²) in [5.41, 5.74) is 1.28. The molecule has 0 bridgehead atoms. The molecule has 1 aliphatic rings. The molecule has 1 aliphatic carbocycles. The third kappa shape index (κ3) is 2.38. The van der Waals surface area contributed by atoms with Crippen molar-refractivity contribution in [3.63, 3.8) is 0 Å². The molecule has 11 heavy (non-hydrogen) atoms. The second-order valence-corrected chi connectivity index (χ2v) is 3.35. The summed E-state index contributed by atoms with van der Waals surface area (Å²) in [6, 6.07) is 2.10.